The maximum Gasteiger partial charge on any atom is 0.120 e. The lowest BCUT2D eigenvalue weighted by molar-refractivity contribution is 0.0106. The predicted octanol–water partition coefficient (Wildman–Crippen LogP) is 6.20. The zero-order valence-electron chi connectivity index (χ0n) is 26.2. The topological polar surface area (TPSA) is 61.4 Å². The van der Waals surface area contributed by atoms with Gasteiger partial charge < -0.3 is 29.0 Å². The predicted molar refractivity (Wildman–Crippen MR) is 178 cm³/mol. The molecule has 2 atom stereocenters. The minimum absolute atomic E-state index is 0.109. The smallest absolute Gasteiger partial charge is 0.120 e. The Balaban J connectivity index is 0.963. The van der Waals surface area contributed by atoms with E-state index in [1.54, 1.807) is 0 Å². The minimum atomic E-state index is 0.109. The summed E-state index contributed by atoms with van der Waals surface area (Å²) in [5, 5.41) is 5.91. The second-order valence-corrected chi connectivity index (χ2v) is 11.9. The standard InChI is InChI=1S/C38H46N2O5/c1-2-5-30(6-3-1)28-42-20-4-21-43-35-12-10-33(11-13-35)37-15-16-39-27-38(37)45-29-31-7-8-32-9-14-36(26-34(32)25-31)44-24-19-40-17-22-41-23-18-40/h1-3,5-14,25-26,37-39H,4,15-24,27-29H2/t37-,38+/m0/s1. The molecule has 2 aliphatic heterocycles. The van der Waals surface area contributed by atoms with E-state index in [1.165, 1.54) is 27.5 Å². The molecule has 2 heterocycles. The Morgan fingerprint density at radius 3 is 2.40 bits per heavy atom. The van der Waals surface area contributed by atoms with Gasteiger partial charge >= 0.3 is 0 Å². The van der Waals surface area contributed by atoms with Gasteiger partial charge in [0, 0.05) is 38.5 Å². The number of ether oxygens (including phenoxy) is 5. The average molecular weight is 611 g/mol. The average Bonchev–Trinajstić information content (AvgIpc) is 3.10. The van der Waals surface area contributed by atoms with Gasteiger partial charge in [-0.2, -0.15) is 0 Å². The molecule has 0 unspecified atom stereocenters. The van der Waals surface area contributed by atoms with Crippen LogP contribution in [0.2, 0.25) is 0 Å². The number of hydrogen-bond acceptors (Lipinski definition) is 7. The molecular formula is C38H46N2O5. The molecular weight excluding hydrogens is 564 g/mol. The number of benzene rings is 4. The molecule has 0 aliphatic carbocycles. The van der Waals surface area contributed by atoms with E-state index in [4.69, 9.17) is 23.7 Å². The Labute approximate surface area is 267 Å². The monoisotopic (exact) mass is 610 g/mol. The first-order valence-corrected chi connectivity index (χ1v) is 16.4. The fourth-order valence-electron chi connectivity index (χ4n) is 6.09. The fraction of sp³-hybridized carbons (Fsp3) is 0.421. The molecule has 0 radical (unpaired) electrons. The quantitative estimate of drug-likeness (QED) is 0.161. The van der Waals surface area contributed by atoms with Crippen molar-refractivity contribution in [1.29, 1.82) is 0 Å². The SMILES string of the molecule is c1ccc(COCCCOc2ccc([C@@H]3CCNC[C@H]3OCc3ccc4ccc(OCCN5CCOCC5)cc4c3)cc2)cc1. The van der Waals surface area contributed by atoms with Gasteiger partial charge in [0.1, 0.15) is 18.1 Å². The Kier molecular flexibility index (Phi) is 11.7. The van der Waals surface area contributed by atoms with Gasteiger partial charge in [0.05, 0.1) is 45.7 Å². The first kappa shape index (κ1) is 31.5. The lowest BCUT2D eigenvalue weighted by Gasteiger charge is -2.32. The first-order valence-electron chi connectivity index (χ1n) is 16.4. The van der Waals surface area contributed by atoms with Crippen LogP contribution < -0.4 is 14.8 Å². The van der Waals surface area contributed by atoms with Crippen molar-refractivity contribution >= 4 is 10.8 Å². The van der Waals surface area contributed by atoms with Gasteiger partial charge in [-0.15, -0.1) is 0 Å². The summed E-state index contributed by atoms with van der Waals surface area (Å²) in [5.41, 5.74) is 3.67. The third-order valence-electron chi connectivity index (χ3n) is 8.67. The van der Waals surface area contributed by atoms with Crippen LogP contribution in [-0.2, 0) is 27.4 Å². The first-order chi connectivity index (χ1) is 22.3. The third-order valence-corrected chi connectivity index (χ3v) is 8.67. The molecule has 0 spiro atoms. The van der Waals surface area contributed by atoms with Gasteiger partial charge in [-0.3, -0.25) is 4.90 Å². The van der Waals surface area contributed by atoms with Crippen LogP contribution in [0.1, 0.15) is 35.4 Å². The van der Waals surface area contributed by atoms with Crippen molar-refractivity contribution in [2.75, 3.05) is 65.8 Å². The fourth-order valence-corrected chi connectivity index (χ4v) is 6.09. The van der Waals surface area contributed by atoms with Gasteiger partial charge in [0.25, 0.3) is 0 Å². The van der Waals surface area contributed by atoms with Gasteiger partial charge in [-0.05, 0) is 70.8 Å². The number of nitrogens with one attached hydrogen (secondary N) is 1. The maximum absolute atomic E-state index is 6.56. The van der Waals surface area contributed by atoms with Crippen molar-refractivity contribution in [3.63, 3.8) is 0 Å². The summed E-state index contributed by atoms with van der Waals surface area (Å²) in [4.78, 5) is 2.39. The molecule has 2 aliphatic rings. The van der Waals surface area contributed by atoms with Gasteiger partial charge in [0.2, 0.25) is 0 Å². The van der Waals surface area contributed by atoms with Crippen LogP contribution in [0.4, 0.5) is 0 Å². The Bertz CT molecular complexity index is 1440. The van der Waals surface area contributed by atoms with E-state index in [1.807, 2.05) is 18.2 Å². The van der Waals surface area contributed by atoms with Crippen molar-refractivity contribution in [2.24, 2.45) is 0 Å². The Hall–Kier alpha value is -3.46. The number of piperidine rings is 1. The van der Waals surface area contributed by atoms with E-state index in [2.05, 4.69) is 83.0 Å². The molecule has 7 nitrogen and oxygen atoms in total. The van der Waals surface area contributed by atoms with Crippen molar-refractivity contribution in [2.45, 2.75) is 38.1 Å². The molecule has 4 aromatic carbocycles. The van der Waals surface area contributed by atoms with Crippen LogP contribution in [0, 0.1) is 0 Å². The highest BCUT2D eigenvalue weighted by atomic mass is 16.5. The van der Waals surface area contributed by atoms with Crippen LogP contribution in [0.25, 0.3) is 10.8 Å². The zero-order valence-corrected chi connectivity index (χ0v) is 26.2. The van der Waals surface area contributed by atoms with Gasteiger partial charge in [-0.25, -0.2) is 0 Å². The van der Waals surface area contributed by atoms with Crippen molar-refractivity contribution in [1.82, 2.24) is 10.2 Å². The zero-order chi connectivity index (χ0) is 30.5. The molecule has 2 saturated heterocycles. The minimum Gasteiger partial charge on any atom is -0.494 e. The summed E-state index contributed by atoms with van der Waals surface area (Å²) in [7, 11) is 0. The molecule has 4 aromatic rings. The molecule has 238 valence electrons. The highest BCUT2D eigenvalue weighted by Crippen LogP contribution is 2.30. The van der Waals surface area contributed by atoms with E-state index < -0.39 is 0 Å². The summed E-state index contributed by atoms with van der Waals surface area (Å²) in [6.07, 6.45) is 2.02. The molecule has 6 rings (SSSR count). The highest BCUT2D eigenvalue weighted by Gasteiger charge is 2.27. The lowest BCUT2D eigenvalue weighted by Crippen LogP contribution is -2.40. The molecule has 0 amide bonds. The summed E-state index contributed by atoms with van der Waals surface area (Å²) < 4.78 is 29.9. The number of hydrogen-bond donors (Lipinski definition) is 1. The van der Waals surface area contributed by atoms with E-state index in [0.717, 1.165) is 70.3 Å². The largest absolute Gasteiger partial charge is 0.494 e. The van der Waals surface area contributed by atoms with Crippen LogP contribution in [0.3, 0.4) is 0 Å². The summed E-state index contributed by atoms with van der Waals surface area (Å²) in [5.74, 6) is 2.15. The molecule has 7 heteroatoms. The number of fused-ring (bicyclic) bond motifs is 1. The highest BCUT2D eigenvalue weighted by molar-refractivity contribution is 5.84. The van der Waals surface area contributed by atoms with E-state index in [-0.39, 0.29) is 6.10 Å². The lowest BCUT2D eigenvalue weighted by atomic mass is 9.87. The molecule has 0 saturated carbocycles. The van der Waals surface area contributed by atoms with E-state index >= 15 is 0 Å². The molecule has 2 fully saturated rings. The molecule has 0 bridgehead atoms. The molecule has 0 aromatic heterocycles. The Morgan fingerprint density at radius 1 is 0.733 bits per heavy atom. The van der Waals surface area contributed by atoms with Crippen LogP contribution in [0.5, 0.6) is 11.5 Å². The van der Waals surface area contributed by atoms with E-state index in [0.29, 0.717) is 39.0 Å². The number of rotatable bonds is 15. The summed E-state index contributed by atoms with van der Waals surface area (Å²) in [6.45, 7) is 9.58. The van der Waals surface area contributed by atoms with E-state index in [9.17, 15) is 0 Å². The van der Waals surface area contributed by atoms with Crippen molar-refractivity contribution in [3.05, 3.63) is 108 Å². The summed E-state index contributed by atoms with van der Waals surface area (Å²) in [6, 6.07) is 31.8. The molecule has 45 heavy (non-hydrogen) atoms. The van der Waals surface area contributed by atoms with Crippen LogP contribution in [0.15, 0.2) is 91.0 Å². The second kappa shape index (κ2) is 16.7. The third kappa shape index (κ3) is 9.52. The second-order valence-electron chi connectivity index (χ2n) is 11.9. The van der Waals surface area contributed by atoms with Gasteiger partial charge in [-0.1, -0.05) is 60.7 Å². The molecule has 1 N–H and O–H groups in total. The number of morpholine rings is 1. The van der Waals surface area contributed by atoms with Crippen molar-refractivity contribution in [3.8, 4) is 11.5 Å². The normalized spacial score (nSPS) is 19.0. The maximum atomic E-state index is 6.56. The van der Waals surface area contributed by atoms with Crippen LogP contribution in [-0.4, -0.2) is 76.8 Å². The Morgan fingerprint density at radius 2 is 1.53 bits per heavy atom. The van der Waals surface area contributed by atoms with Crippen LogP contribution >= 0.6 is 0 Å². The van der Waals surface area contributed by atoms with Crippen molar-refractivity contribution < 1.29 is 23.7 Å². The number of nitrogens with zero attached hydrogens (tertiary/aromatic N) is 1. The van der Waals surface area contributed by atoms with Gasteiger partial charge in [0.15, 0.2) is 0 Å². The summed E-state index contributed by atoms with van der Waals surface area (Å²) >= 11 is 0.